The van der Waals surface area contributed by atoms with E-state index >= 15 is 0 Å². The Balaban J connectivity index is 0.839. The summed E-state index contributed by atoms with van der Waals surface area (Å²) in [5.41, 5.74) is 9.10. The highest BCUT2D eigenvalue weighted by Gasteiger charge is 2.39. The van der Waals surface area contributed by atoms with Gasteiger partial charge in [0.25, 0.3) is 6.43 Å². The number of rotatable bonds is 12. The molecule has 0 spiro atoms. The van der Waals surface area contributed by atoms with E-state index in [1.54, 1.807) is 27.1 Å². The fourth-order valence-electron chi connectivity index (χ4n) is 10.9. The van der Waals surface area contributed by atoms with Gasteiger partial charge in [0.15, 0.2) is 0 Å². The Kier molecular flexibility index (Phi) is 14.5. The van der Waals surface area contributed by atoms with Gasteiger partial charge in [0.05, 0.1) is 11.0 Å². The van der Waals surface area contributed by atoms with E-state index in [1.807, 2.05) is 34.1 Å². The third kappa shape index (κ3) is 9.85. The van der Waals surface area contributed by atoms with Gasteiger partial charge in [-0.1, -0.05) is 12.1 Å². The molecule has 0 aliphatic carbocycles. The number of amides is 4. The summed E-state index contributed by atoms with van der Waals surface area (Å²) in [7, 11) is 1.56. The zero-order valence-electron chi connectivity index (χ0n) is 38.0. The maximum absolute atomic E-state index is 14.6. The molecule has 5 aliphatic rings. The van der Waals surface area contributed by atoms with Gasteiger partial charge in [-0.2, -0.15) is 0 Å². The predicted molar refractivity (Wildman–Crippen MR) is 250 cm³/mol. The number of anilines is 1. The first-order chi connectivity index (χ1) is 31.8. The fourth-order valence-corrected chi connectivity index (χ4v) is 10.9. The van der Waals surface area contributed by atoms with Crippen molar-refractivity contribution in [3.05, 3.63) is 69.8 Å². The number of aromatic nitrogens is 2. The van der Waals surface area contributed by atoms with Crippen molar-refractivity contribution in [3.8, 4) is 0 Å². The number of hydrogen-bond donors (Lipinski definition) is 4. The van der Waals surface area contributed by atoms with Crippen molar-refractivity contribution >= 4 is 58.0 Å². The van der Waals surface area contributed by atoms with Gasteiger partial charge in [0.2, 0.25) is 23.6 Å². The lowest BCUT2D eigenvalue weighted by atomic mass is 9.86. The third-order valence-electron chi connectivity index (χ3n) is 14.5. The number of imide groups is 1. The fraction of sp³-hybridized carbons (Fsp3) is 0.562. The average molecular weight is 912 g/mol. The van der Waals surface area contributed by atoms with Crippen molar-refractivity contribution in [2.24, 2.45) is 22.6 Å². The lowest BCUT2D eigenvalue weighted by Gasteiger charge is -2.45. The molecule has 66 heavy (non-hydrogen) atoms. The first-order valence-corrected chi connectivity index (χ1v) is 23.6. The van der Waals surface area contributed by atoms with Crippen LogP contribution in [0, 0.1) is 17.2 Å². The van der Waals surface area contributed by atoms with Gasteiger partial charge >= 0.3 is 5.69 Å². The van der Waals surface area contributed by atoms with Crippen molar-refractivity contribution in [2.75, 3.05) is 64.3 Å². The highest BCUT2D eigenvalue weighted by atomic mass is 19.3. The number of nitrogens with two attached hydrogens (primary N) is 1. The van der Waals surface area contributed by atoms with E-state index in [1.165, 1.54) is 25.4 Å². The Morgan fingerprint density at radius 1 is 0.955 bits per heavy atom. The third-order valence-corrected chi connectivity index (χ3v) is 14.5. The van der Waals surface area contributed by atoms with Crippen LogP contribution >= 0.6 is 0 Å². The Hall–Kier alpha value is -5.75. The number of nitrogens with zero attached hydrogens (tertiary/aromatic N) is 7. The number of aryl methyl sites for hydroxylation is 1. The molecule has 16 nitrogen and oxygen atoms in total. The summed E-state index contributed by atoms with van der Waals surface area (Å²) < 4.78 is 32.5. The minimum Gasteiger partial charge on any atom is -0.404 e. The van der Waals surface area contributed by atoms with Gasteiger partial charge in [-0.05, 0) is 106 Å². The van der Waals surface area contributed by atoms with Crippen LogP contribution in [0.2, 0.25) is 0 Å². The molecular formula is C48H63F2N11O5. The molecule has 0 bridgehead atoms. The second kappa shape index (κ2) is 20.4. The van der Waals surface area contributed by atoms with E-state index in [0.717, 1.165) is 56.3 Å². The molecule has 0 radical (unpaired) electrons. The monoisotopic (exact) mass is 911 g/mol. The van der Waals surface area contributed by atoms with Gasteiger partial charge in [0.1, 0.15) is 11.9 Å². The summed E-state index contributed by atoms with van der Waals surface area (Å²) in [5.74, 6) is -0.492. The summed E-state index contributed by atoms with van der Waals surface area (Å²) >= 11 is 0. The van der Waals surface area contributed by atoms with Crippen LogP contribution in [0.5, 0.6) is 0 Å². The van der Waals surface area contributed by atoms with Gasteiger partial charge in [-0.3, -0.25) is 44.0 Å². The number of piperidine rings is 4. The number of allylic oxidation sites excluding steroid dienone is 1. The Morgan fingerprint density at radius 2 is 1.68 bits per heavy atom. The van der Waals surface area contributed by atoms with Crippen molar-refractivity contribution in [2.45, 2.75) is 102 Å². The van der Waals surface area contributed by atoms with Gasteiger partial charge in [0, 0.05) is 120 Å². The maximum Gasteiger partial charge on any atom is 0.329 e. The number of fused-ring (bicyclic) bond motifs is 2. The highest BCUT2D eigenvalue weighted by molar-refractivity contribution is 6.10. The molecule has 354 valence electrons. The molecular weight excluding hydrogens is 849 g/mol. The minimum absolute atomic E-state index is 0.0605. The second-order valence-electron chi connectivity index (χ2n) is 18.6. The first kappa shape index (κ1) is 46.8. The number of alkyl halides is 2. The van der Waals surface area contributed by atoms with E-state index in [9.17, 15) is 38.2 Å². The minimum atomic E-state index is -2.76. The Bertz CT molecular complexity index is 2450. The van der Waals surface area contributed by atoms with Crippen LogP contribution in [-0.4, -0.2) is 131 Å². The lowest BCUT2D eigenvalue weighted by Crippen LogP contribution is -2.59. The molecule has 4 amide bonds. The number of amidine groups is 1. The highest BCUT2D eigenvalue weighted by Crippen LogP contribution is 2.38. The molecule has 4 fully saturated rings. The molecule has 4 saturated heterocycles. The van der Waals surface area contributed by atoms with E-state index in [0.29, 0.717) is 99.7 Å². The Labute approximate surface area is 383 Å². The summed E-state index contributed by atoms with van der Waals surface area (Å²) in [6.07, 6.45) is 6.23. The number of carbonyl (C=O) groups excluding carboxylic acids is 4. The molecule has 3 atom stereocenters. The molecule has 5 aliphatic heterocycles. The van der Waals surface area contributed by atoms with Crippen LogP contribution in [0.25, 0.3) is 16.6 Å². The number of para-hydroxylation sites is 2. The van der Waals surface area contributed by atoms with Crippen LogP contribution < -0.4 is 27.0 Å². The maximum atomic E-state index is 14.6. The summed E-state index contributed by atoms with van der Waals surface area (Å²) in [4.78, 5) is 76.4. The molecule has 8 rings (SSSR count). The van der Waals surface area contributed by atoms with Crippen molar-refractivity contribution < 1.29 is 28.0 Å². The van der Waals surface area contributed by atoms with Crippen LogP contribution in [0.4, 0.5) is 14.5 Å². The summed E-state index contributed by atoms with van der Waals surface area (Å²) in [6.45, 7) is 7.03. The zero-order valence-corrected chi connectivity index (χ0v) is 38.0. The van der Waals surface area contributed by atoms with Crippen LogP contribution in [0.15, 0.2) is 52.4 Å². The first-order valence-electron chi connectivity index (χ1n) is 23.6. The quantitative estimate of drug-likeness (QED) is 0.118. The SMILES string of the molecule is CN=CC(=CN)c1cc2c(cc1C(F)F)N(C(=N)C1CN(C(C)=O)CCC1NC1CCN(C(=O)CCN3CCC(Cn4c(=O)n(C5CCC(=O)NC5=O)c5ccccc54)CC3)CC1)CCC2. The van der Waals surface area contributed by atoms with Crippen molar-refractivity contribution in [3.63, 3.8) is 0 Å². The normalized spacial score (nSPS) is 23.0. The lowest BCUT2D eigenvalue weighted by molar-refractivity contribution is -0.136. The molecule has 6 heterocycles. The number of nitrogens with one attached hydrogen (secondary N) is 3. The van der Waals surface area contributed by atoms with Gasteiger partial charge in [-0.25, -0.2) is 13.6 Å². The van der Waals surface area contributed by atoms with E-state index in [4.69, 9.17) is 5.73 Å². The van der Waals surface area contributed by atoms with Crippen molar-refractivity contribution in [1.29, 1.82) is 5.41 Å². The number of carbonyl (C=O) groups is 4. The number of imidazole rings is 1. The standard InChI is InChI=1S/C48H63F2N11O5/c1-30(62)58-23-15-38(37(29-58)46(52)59-17-5-6-32-24-35(33(26-51)27-53-2)36(45(49)50)25-42(32)59)54-34-13-21-57(22-14-34)44(64)16-20-56-18-11-31(12-19-56)28-60-39-7-3-4-8-40(39)61(48(60)66)41-9-10-43(63)55-47(41)65/h3-4,7-8,24-27,31,34,37-38,41,45,52,54H,5-6,9-23,28-29,51H2,1-2H3,(H,55,63,65). The molecule has 0 saturated carbocycles. The summed E-state index contributed by atoms with van der Waals surface area (Å²) in [6, 6.07) is 10.0. The van der Waals surface area contributed by atoms with Gasteiger partial charge in [-0.15, -0.1) is 0 Å². The predicted octanol–water partition coefficient (Wildman–Crippen LogP) is 4.07. The largest absolute Gasteiger partial charge is 0.404 e. The van der Waals surface area contributed by atoms with E-state index < -0.39 is 18.4 Å². The Morgan fingerprint density at radius 3 is 2.36 bits per heavy atom. The smallest absolute Gasteiger partial charge is 0.329 e. The van der Waals surface area contributed by atoms with Gasteiger partial charge < -0.3 is 30.7 Å². The van der Waals surface area contributed by atoms with Crippen LogP contribution in [-0.2, 0) is 32.1 Å². The van der Waals surface area contributed by atoms with Crippen LogP contribution in [0.3, 0.4) is 0 Å². The topological polar surface area (TPSA) is 194 Å². The number of hydrogen-bond acceptors (Lipinski definition) is 10. The molecule has 3 unspecified atom stereocenters. The number of likely N-dealkylation sites (tertiary alicyclic amines) is 3. The zero-order chi connectivity index (χ0) is 46.6. The average Bonchev–Trinajstić information content (AvgIpc) is 3.59. The summed E-state index contributed by atoms with van der Waals surface area (Å²) in [5, 5.41) is 15.8. The molecule has 1 aromatic heterocycles. The molecule has 3 aromatic rings. The number of benzene rings is 2. The molecule has 5 N–H and O–H groups in total. The molecule has 2 aromatic carbocycles. The van der Waals surface area contributed by atoms with Crippen molar-refractivity contribution in [1.82, 2.24) is 34.5 Å². The van der Waals surface area contributed by atoms with Crippen LogP contribution in [0.1, 0.15) is 93.9 Å². The number of halogens is 2. The molecule has 18 heteroatoms. The number of aliphatic imine (C=N–C) groups is 1. The van der Waals surface area contributed by atoms with E-state index in [2.05, 4.69) is 20.5 Å². The second-order valence-corrected chi connectivity index (χ2v) is 18.6. The van der Waals surface area contributed by atoms with E-state index in [-0.39, 0.29) is 59.3 Å².